The Morgan fingerprint density at radius 1 is 1.14 bits per heavy atom. The van der Waals surface area contributed by atoms with Gasteiger partial charge in [0, 0.05) is 6.20 Å². The van der Waals surface area contributed by atoms with Crippen molar-refractivity contribution in [2.45, 2.75) is 13.0 Å². The molecule has 0 aliphatic rings. The third-order valence-corrected chi connectivity index (χ3v) is 3.02. The third-order valence-electron chi connectivity index (χ3n) is 3.02. The highest BCUT2D eigenvalue weighted by molar-refractivity contribution is 5.70. The van der Waals surface area contributed by atoms with Crippen molar-refractivity contribution in [3.05, 3.63) is 60.6 Å². The fourth-order valence-electron chi connectivity index (χ4n) is 2.02. The average molecular weight is 282 g/mol. The van der Waals surface area contributed by atoms with Crippen LogP contribution in [0.25, 0.3) is 5.65 Å². The van der Waals surface area contributed by atoms with Crippen molar-refractivity contribution in [3.63, 3.8) is 0 Å². The minimum atomic E-state index is -0.526. The summed E-state index contributed by atoms with van der Waals surface area (Å²) >= 11 is 0. The van der Waals surface area contributed by atoms with E-state index in [9.17, 15) is 4.79 Å². The summed E-state index contributed by atoms with van der Waals surface area (Å²) in [7, 11) is 0. The summed E-state index contributed by atoms with van der Waals surface area (Å²) in [4.78, 5) is 11.9. The van der Waals surface area contributed by atoms with Crippen LogP contribution in [0.2, 0.25) is 0 Å². The van der Waals surface area contributed by atoms with Crippen molar-refractivity contribution in [1.82, 2.24) is 19.9 Å². The Morgan fingerprint density at radius 3 is 2.71 bits per heavy atom. The smallest absolute Gasteiger partial charge is 0.410 e. The lowest BCUT2D eigenvalue weighted by Gasteiger charge is -2.12. The number of carbonyl (C=O) groups excluding carboxylic acids is 1. The van der Waals surface area contributed by atoms with Crippen LogP contribution in [0.4, 0.5) is 4.79 Å². The molecule has 0 saturated heterocycles. The van der Waals surface area contributed by atoms with E-state index in [1.165, 1.54) is 0 Å². The molecular weight excluding hydrogens is 268 g/mol. The van der Waals surface area contributed by atoms with Crippen LogP contribution in [0.5, 0.6) is 5.75 Å². The number of para-hydroxylation sites is 1. The van der Waals surface area contributed by atoms with Gasteiger partial charge >= 0.3 is 6.09 Å². The molecule has 0 spiro atoms. The molecule has 3 aromatic rings. The van der Waals surface area contributed by atoms with Gasteiger partial charge < -0.3 is 10.1 Å². The van der Waals surface area contributed by atoms with E-state index in [2.05, 4.69) is 15.5 Å². The first-order valence-corrected chi connectivity index (χ1v) is 6.57. The van der Waals surface area contributed by atoms with Gasteiger partial charge in [-0.25, -0.2) is 4.79 Å². The number of amides is 1. The van der Waals surface area contributed by atoms with E-state index in [1.807, 2.05) is 41.8 Å². The fraction of sp³-hybridized carbons (Fsp3) is 0.133. The molecule has 106 valence electrons. The van der Waals surface area contributed by atoms with Gasteiger partial charge in [0.05, 0.1) is 6.04 Å². The van der Waals surface area contributed by atoms with Crippen LogP contribution in [0, 0.1) is 0 Å². The number of fused-ring (bicyclic) bond motifs is 1. The van der Waals surface area contributed by atoms with Crippen molar-refractivity contribution in [2.75, 3.05) is 0 Å². The summed E-state index contributed by atoms with van der Waals surface area (Å²) in [6, 6.07) is 14.2. The second-order valence-electron chi connectivity index (χ2n) is 4.56. The maximum absolute atomic E-state index is 11.9. The van der Waals surface area contributed by atoms with Crippen molar-refractivity contribution < 1.29 is 9.53 Å². The van der Waals surface area contributed by atoms with E-state index in [0.717, 1.165) is 5.65 Å². The number of rotatable bonds is 3. The van der Waals surface area contributed by atoms with Crippen LogP contribution in [-0.2, 0) is 0 Å². The predicted octanol–water partition coefficient (Wildman–Crippen LogP) is 2.58. The van der Waals surface area contributed by atoms with Crippen LogP contribution in [0.1, 0.15) is 18.8 Å². The molecule has 0 saturated carbocycles. The standard InChI is InChI=1S/C15H14N4O2/c1-11(14-18-17-13-9-5-6-10-19(13)14)16-15(20)21-12-7-3-2-4-8-12/h2-11H,1H3,(H,16,20). The molecule has 0 fully saturated rings. The molecule has 6 nitrogen and oxygen atoms in total. The SMILES string of the molecule is CC(NC(=O)Oc1ccccc1)c1nnc2ccccn12. The number of aromatic nitrogens is 3. The molecule has 0 aliphatic carbocycles. The zero-order chi connectivity index (χ0) is 14.7. The van der Waals surface area contributed by atoms with Gasteiger partial charge in [-0.2, -0.15) is 0 Å². The van der Waals surface area contributed by atoms with Crippen LogP contribution in [0.3, 0.4) is 0 Å². The highest BCUT2D eigenvalue weighted by Gasteiger charge is 2.16. The lowest BCUT2D eigenvalue weighted by molar-refractivity contribution is 0.196. The Labute approximate surface area is 121 Å². The molecule has 1 amide bonds. The first-order chi connectivity index (χ1) is 10.2. The molecule has 2 aromatic heterocycles. The average Bonchev–Trinajstić information content (AvgIpc) is 2.92. The number of carbonyl (C=O) groups is 1. The Balaban J connectivity index is 1.71. The Morgan fingerprint density at radius 2 is 1.90 bits per heavy atom. The second-order valence-corrected chi connectivity index (χ2v) is 4.56. The van der Waals surface area contributed by atoms with Gasteiger partial charge in [-0.1, -0.05) is 24.3 Å². The van der Waals surface area contributed by atoms with Crippen LogP contribution >= 0.6 is 0 Å². The summed E-state index contributed by atoms with van der Waals surface area (Å²) in [6.45, 7) is 1.83. The third kappa shape index (κ3) is 2.84. The van der Waals surface area contributed by atoms with Crippen molar-refractivity contribution in [1.29, 1.82) is 0 Å². The summed E-state index contributed by atoms with van der Waals surface area (Å²) in [5.74, 6) is 1.14. The first kappa shape index (κ1) is 13.1. The topological polar surface area (TPSA) is 68.5 Å². The Hall–Kier alpha value is -2.89. The van der Waals surface area contributed by atoms with Gasteiger partial charge in [0.15, 0.2) is 11.5 Å². The van der Waals surface area contributed by atoms with Gasteiger partial charge in [0.25, 0.3) is 0 Å². The minimum absolute atomic E-state index is 0.321. The van der Waals surface area contributed by atoms with E-state index in [1.54, 1.807) is 24.3 Å². The lowest BCUT2D eigenvalue weighted by Crippen LogP contribution is -2.30. The summed E-state index contributed by atoms with van der Waals surface area (Å²) in [5.41, 5.74) is 0.734. The maximum Gasteiger partial charge on any atom is 0.413 e. The van der Waals surface area contributed by atoms with Gasteiger partial charge in [-0.3, -0.25) is 4.40 Å². The number of pyridine rings is 1. The molecule has 0 aliphatic heterocycles. The quantitative estimate of drug-likeness (QED) is 0.801. The zero-order valence-corrected chi connectivity index (χ0v) is 11.4. The lowest BCUT2D eigenvalue weighted by atomic mass is 10.3. The molecule has 0 radical (unpaired) electrons. The van der Waals surface area contributed by atoms with E-state index in [0.29, 0.717) is 11.6 Å². The maximum atomic E-state index is 11.9. The largest absolute Gasteiger partial charge is 0.413 e. The monoisotopic (exact) mass is 282 g/mol. The molecule has 0 bridgehead atoms. The van der Waals surface area contributed by atoms with Gasteiger partial charge in [0.2, 0.25) is 0 Å². The van der Waals surface area contributed by atoms with Gasteiger partial charge in [0.1, 0.15) is 5.75 Å². The number of hydrogen-bond acceptors (Lipinski definition) is 4. The van der Waals surface area contributed by atoms with E-state index < -0.39 is 6.09 Å². The molecule has 3 rings (SSSR count). The van der Waals surface area contributed by atoms with Crippen LogP contribution in [0.15, 0.2) is 54.7 Å². The summed E-state index contributed by atoms with van der Waals surface area (Å²) in [5, 5.41) is 10.9. The predicted molar refractivity (Wildman–Crippen MR) is 77.0 cm³/mol. The highest BCUT2D eigenvalue weighted by atomic mass is 16.6. The Kier molecular flexibility index (Phi) is 3.51. The Bertz CT molecular complexity index is 754. The molecule has 1 N–H and O–H groups in total. The molecule has 1 aromatic carbocycles. The molecule has 21 heavy (non-hydrogen) atoms. The number of nitrogens with one attached hydrogen (secondary N) is 1. The first-order valence-electron chi connectivity index (χ1n) is 6.57. The van der Waals surface area contributed by atoms with E-state index in [-0.39, 0.29) is 6.04 Å². The minimum Gasteiger partial charge on any atom is -0.410 e. The van der Waals surface area contributed by atoms with Crippen LogP contribution < -0.4 is 10.1 Å². The molecule has 2 heterocycles. The number of nitrogens with zero attached hydrogens (tertiary/aromatic N) is 3. The summed E-state index contributed by atoms with van der Waals surface area (Å²) in [6.07, 6.45) is 1.33. The number of ether oxygens (including phenoxy) is 1. The van der Waals surface area contributed by atoms with E-state index in [4.69, 9.17) is 4.74 Å². The molecular formula is C15H14N4O2. The van der Waals surface area contributed by atoms with Crippen molar-refractivity contribution in [2.24, 2.45) is 0 Å². The van der Waals surface area contributed by atoms with Crippen LogP contribution in [-0.4, -0.2) is 20.7 Å². The highest BCUT2D eigenvalue weighted by Crippen LogP contribution is 2.13. The van der Waals surface area contributed by atoms with E-state index >= 15 is 0 Å². The summed E-state index contributed by atoms with van der Waals surface area (Å²) < 4.78 is 7.01. The fourth-order valence-corrected chi connectivity index (χ4v) is 2.02. The number of benzene rings is 1. The second kappa shape index (κ2) is 5.62. The van der Waals surface area contributed by atoms with Gasteiger partial charge in [-0.15, -0.1) is 10.2 Å². The molecule has 1 unspecified atom stereocenters. The normalized spacial score (nSPS) is 12.0. The molecule has 1 atom stereocenters. The molecule has 6 heteroatoms. The van der Waals surface area contributed by atoms with Crippen molar-refractivity contribution in [3.8, 4) is 5.75 Å². The van der Waals surface area contributed by atoms with Gasteiger partial charge in [-0.05, 0) is 31.2 Å². The number of hydrogen-bond donors (Lipinski definition) is 1. The zero-order valence-electron chi connectivity index (χ0n) is 11.4. The van der Waals surface area contributed by atoms with Crippen molar-refractivity contribution >= 4 is 11.7 Å².